The van der Waals surface area contributed by atoms with Gasteiger partial charge in [-0.2, -0.15) is 0 Å². The second-order valence-corrected chi connectivity index (χ2v) is 10.2. The number of nitrogens with zero attached hydrogens (tertiary/aromatic N) is 3. The fourth-order valence-electron chi connectivity index (χ4n) is 3.34. The number of urea groups is 1. The fraction of sp³-hybridized carbons (Fsp3) is 0.333. The summed E-state index contributed by atoms with van der Waals surface area (Å²) in [6.07, 6.45) is 0. The van der Waals surface area contributed by atoms with E-state index in [1.807, 2.05) is 73.9 Å². The molecule has 1 aliphatic heterocycles. The van der Waals surface area contributed by atoms with Crippen LogP contribution < -0.4 is 20.1 Å². The number of hydrogen-bond donors (Lipinski definition) is 2. The molecule has 2 aromatic carbocycles. The first-order chi connectivity index (χ1) is 16.2. The first-order valence-electron chi connectivity index (χ1n) is 10.9. The highest BCUT2D eigenvalue weighted by atomic mass is 32.2. The second-order valence-electron chi connectivity index (χ2n) is 8.90. The number of rotatable bonds is 6. The number of carbonyl (C=O) groups excluding carboxylic acids is 2. The van der Waals surface area contributed by atoms with Crippen molar-refractivity contribution in [2.24, 2.45) is 0 Å². The van der Waals surface area contributed by atoms with Gasteiger partial charge in [-0.25, -0.2) is 4.79 Å². The smallest absolute Gasteiger partial charge is 0.321 e. The van der Waals surface area contributed by atoms with Crippen molar-refractivity contribution < 1.29 is 19.1 Å². The maximum Gasteiger partial charge on any atom is 0.321 e. The number of aromatic nitrogens is 3. The van der Waals surface area contributed by atoms with Gasteiger partial charge in [-0.3, -0.25) is 14.7 Å². The van der Waals surface area contributed by atoms with Crippen LogP contribution in [0.1, 0.15) is 33.3 Å². The van der Waals surface area contributed by atoms with Crippen molar-refractivity contribution in [2.45, 2.75) is 50.2 Å². The molecular formula is C24H27N5O4S. The highest BCUT2D eigenvalue weighted by Gasteiger charge is 2.24. The van der Waals surface area contributed by atoms with Gasteiger partial charge in [0.1, 0.15) is 0 Å². The first-order valence-corrected chi connectivity index (χ1v) is 11.7. The molecule has 0 fully saturated rings. The van der Waals surface area contributed by atoms with Gasteiger partial charge in [-0.05, 0) is 45.4 Å². The van der Waals surface area contributed by atoms with Crippen LogP contribution in [0.3, 0.4) is 0 Å². The number of fused-ring (bicyclic) bond motifs is 1. The van der Waals surface area contributed by atoms with E-state index >= 15 is 0 Å². The molecule has 9 nitrogen and oxygen atoms in total. The van der Waals surface area contributed by atoms with Crippen LogP contribution in [0.2, 0.25) is 0 Å². The fourth-order valence-corrected chi connectivity index (χ4v) is 4.19. The molecule has 0 saturated carbocycles. The number of thioether (sulfide) groups is 1. The Labute approximate surface area is 202 Å². The van der Waals surface area contributed by atoms with Crippen LogP contribution in [0, 0.1) is 0 Å². The Kier molecular flexibility index (Phi) is 6.78. The number of amides is 3. The Morgan fingerprint density at radius 1 is 1.09 bits per heavy atom. The van der Waals surface area contributed by atoms with E-state index in [2.05, 4.69) is 20.8 Å². The lowest BCUT2D eigenvalue weighted by Gasteiger charge is -2.21. The summed E-state index contributed by atoms with van der Waals surface area (Å²) in [5.74, 6) is 1.67. The van der Waals surface area contributed by atoms with Crippen molar-refractivity contribution in [3.05, 3.63) is 54.1 Å². The Bertz CT molecular complexity index is 1190. The quantitative estimate of drug-likeness (QED) is 0.515. The highest BCUT2D eigenvalue weighted by Crippen LogP contribution is 2.34. The maximum atomic E-state index is 12.6. The molecule has 10 heteroatoms. The van der Waals surface area contributed by atoms with Crippen LogP contribution in [-0.4, -0.2) is 44.3 Å². The topological polar surface area (TPSA) is 107 Å². The number of hydrogen-bond acceptors (Lipinski definition) is 7. The third-order valence-corrected chi connectivity index (χ3v) is 5.98. The Balaban J connectivity index is 1.57. The molecule has 0 aliphatic carbocycles. The van der Waals surface area contributed by atoms with E-state index in [1.165, 1.54) is 11.8 Å². The van der Waals surface area contributed by atoms with Gasteiger partial charge in [0, 0.05) is 11.1 Å². The van der Waals surface area contributed by atoms with Crippen LogP contribution >= 0.6 is 11.8 Å². The number of benzene rings is 2. The SMILES string of the molecule is CC(Sc1nnc(-c2ccccc2)n1Cc1ccc2c(c1)OCO2)C(=O)NC(=O)NC(C)(C)C. The first kappa shape index (κ1) is 23.6. The summed E-state index contributed by atoms with van der Waals surface area (Å²) in [5.41, 5.74) is 1.44. The molecular weight excluding hydrogens is 454 g/mol. The lowest BCUT2D eigenvalue weighted by atomic mass is 10.1. The lowest BCUT2D eigenvalue weighted by molar-refractivity contribution is -0.119. The minimum absolute atomic E-state index is 0.206. The molecule has 2 heterocycles. The van der Waals surface area contributed by atoms with E-state index in [0.717, 1.165) is 11.1 Å². The van der Waals surface area contributed by atoms with Gasteiger partial charge >= 0.3 is 6.03 Å². The van der Waals surface area contributed by atoms with Gasteiger partial charge in [0.15, 0.2) is 22.5 Å². The molecule has 4 rings (SSSR count). The summed E-state index contributed by atoms with van der Waals surface area (Å²) < 4.78 is 12.9. The molecule has 0 saturated heterocycles. The number of carbonyl (C=O) groups is 2. The monoisotopic (exact) mass is 481 g/mol. The standard InChI is InChI=1S/C24H27N5O4S/c1-15(21(30)25-22(31)26-24(2,3)4)34-23-28-27-20(17-8-6-5-7-9-17)29(23)13-16-10-11-18-19(12-16)33-14-32-18/h5-12,15H,13-14H2,1-4H3,(H2,25,26,30,31). The predicted molar refractivity (Wildman–Crippen MR) is 129 cm³/mol. The van der Waals surface area contributed by atoms with Crippen molar-refractivity contribution >= 4 is 23.7 Å². The number of imide groups is 1. The number of nitrogens with one attached hydrogen (secondary N) is 2. The van der Waals surface area contributed by atoms with Crippen molar-refractivity contribution in [3.8, 4) is 22.9 Å². The molecule has 1 aliphatic rings. The van der Waals surface area contributed by atoms with Gasteiger partial charge in [0.25, 0.3) is 0 Å². The van der Waals surface area contributed by atoms with Crippen LogP contribution in [0.25, 0.3) is 11.4 Å². The average molecular weight is 482 g/mol. The Hall–Kier alpha value is -3.53. The Morgan fingerprint density at radius 2 is 1.82 bits per heavy atom. The molecule has 34 heavy (non-hydrogen) atoms. The molecule has 2 N–H and O–H groups in total. The summed E-state index contributed by atoms with van der Waals surface area (Å²) in [7, 11) is 0. The third-order valence-electron chi connectivity index (χ3n) is 4.90. The van der Waals surface area contributed by atoms with Crippen LogP contribution in [0.5, 0.6) is 11.5 Å². The summed E-state index contributed by atoms with van der Waals surface area (Å²) >= 11 is 1.24. The zero-order valence-corrected chi connectivity index (χ0v) is 20.3. The molecule has 0 bridgehead atoms. The van der Waals surface area contributed by atoms with Gasteiger partial charge in [0.2, 0.25) is 12.7 Å². The summed E-state index contributed by atoms with van der Waals surface area (Å²) in [6.45, 7) is 7.94. The number of ether oxygens (including phenoxy) is 2. The van der Waals surface area contributed by atoms with Gasteiger partial charge in [-0.15, -0.1) is 10.2 Å². The van der Waals surface area contributed by atoms with Crippen LogP contribution in [0.4, 0.5) is 4.79 Å². The molecule has 3 amide bonds. The van der Waals surface area contributed by atoms with Gasteiger partial charge < -0.3 is 14.8 Å². The molecule has 0 spiro atoms. The summed E-state index contributed by atoms with van der Waals surface area (Å²) in [5, 5.41) is 13.9. The summed E-state index contributed by atoms with van der Waals surface area (Å²) in [6, 6.07) is 15.0. The van der Waals surface area contributed by atoms with Crippen molar-refractivity contribution in [2.75, 3.05) is 6.79 Å². The molecule has 0 radical (unpaired) electrons. The summed E-state index contributed by atoms with van der Waals surface area (Å²) in [4.78, 5) is 24.7. The molecule has 1 unspecified atom stereocenters. The molecule has 1 aromatic heterocycles. The largest absolute Gasteiger partial charge is 0.454 e. The van der Waals surface area contributed by atoms with E-state index in [9.17, 15) is 9.59 Å². The molecule has 1 atom stereocenters. The third kappa shape index (κ3) is 5.69. The van der Waals surface area contributed by atoms with E-state index in [-0.39, 0.29) is 6.79 Å². The second kappa shape index (κ2) is 9.76. The van der Waals surface area contributed by atoms with E-state index in [1.54, 1.807) is 6.92 Å². The lowest BCUT2D eigenvalue weighted by Crippen LogP contribution is -2.49. The van der Waals surface area contributed by atoms with E-state index in [0.29, 0.717) is 29.0 Å². The zero-order chi connectivity index (χ0) is 24.3. The van der Waals surface area contributed by atoms with Crippen molar-refractivity contribution in [1.29, 1.82) is 0 Å². The van der Waals surface area contributed by atoms with Gasteiger partial charge in [-0.1, -0.05) is 48.2 Å². The van der Waals surface area contributed by atoms with E-state index in [4.69, 9.17) is 9.47 Å². The highest BCUT2D eigenvalue weighted by molar-refractivity contribution is 8.00. The van der Waals surface area contributed by atoms with Crippen molar-refractivity contribution in [3.63, 3.8) is 0 Å². The predicted octanol–water partition coefficient (Wildman–Crippen LogP) is 3.83. The van der Waals surface area contributed by atoms with Crippen LogP contribution in [0.15, 0.2) is 53.7 Å². The van der Waals surface area contributed by atoms with Crippen molar-refractivity contribution in [1.82, 2.24) is 25.4 Å². The van der Waals surface area contributed by atoms with E-state index < -0.39 is 22.7 Å². The zero-order valence-electron chi connectivity index (χ0n) is 19.5. The van der Waals surface area contributed by atoms with Crippen LogP contribution in [-0.2, 0) is 11.3 Å². The molecule has 178 valence electrons. The minimum atomic E-state index is -0.575. The Morgan fingerprint density at radius 3 is 2.56 bits per heavy atom. The minimum Gasteiger partial charge on any atom is -0.454 e. The van der Waals surface area contributed by atoms with Gasteiger partial charge in [0.05, 0.1) is 11.8 Å². The normalized spacial score (nSPS) is 13.4. The molecule has 3 aromatic rings. The average Bonchev–Trinajstić information content (AvgIpc) is 3.40. The maximum absolute atomic E-state index is 12.6.